The van der Waals surface area contributed by atoms with Gasteiger partial charge in [-0.05, 0) is 30.2 Å². The van der Waals surface area contributed by atoms with Crippen molar-refractivity contribution in [1.29, 1.82) is 0 Å². The average Bonchev–Trinajstić information content (AvgIpc) is 2.67. The smallest absolute Gasteiger partial charge is 0.0411 e. The Kier molecular flexibility index (Phi) is 1.94. The van der Waals surface area contributed by atoms with E-state index in [9.17, 15) is 0 Å². The second-order valence-corrected chi connectivity index (χ2v) is 4.32. The molecule has 0 nitrogen and oxygen atoms in total. The van der Waals surface area contributed by atoms with Crippen molar-refractivity contribution in [1.82, 2.24) is 0 Å². The Morgan fingerprint density at radius 2 is 2.27 bits per heavy atom. The second kappa shape index (κ2) is 2.80. The van der Waals surface area contributed by atoms with E-state index < -0.39 is 0 Å². The van der Waals surface area contributed by atoms with Crippen molar-refractivity contribution in [3.63, 3.8) is 0 Å². The molecule has 11 heavy (non-hydrogen) atoms. The van der Waals surface area contributed by atoms with Gasteiger partial charge in [-0.15, -0.1) is 11.6 Å². The van der Waals surface area contributed by atoms with Crippen molar-refractivity contribution in [3.05, 3.63) is 34.3 Å². The summed E-state index contributed by atoms with van der Waals surface area (Å²) in [6, 6.07) is 9.10. The van der Waals surface area contributed by atoms with Gasteiger partial charge in [0, 0.05) is 15.8 Å². The molecule has 1 aromatic carbocycles. The molecule has 1 aliphatic rings. The van der Waals surface area contributed by atoms with E-state index in [4.69, 9.17) is 11.6 Å². The third kappa shape index (κ3) is 1.60. The van der Waals surface area contributed by atoms with Crippen molar-refractivity contribution in [2.45, 2.75) is 17.7 Å². The van der Waals surface area contributed by atoms with Gasteiger partial charge in [0.15, 0.2) is 0 Å². The third-order valence-electron chi connectivity index (χ3n) is 1.92. The van der Waals surface area contributed by atoms with Gasteiger partial charge in [-0.25, -0.2) is 0 Å². The van der Waals surface area contributed by atoms with E-state index in [1.54, 1.807) is 0 Å². The highest BCUT2D eigenvalue weighted by Gasteiger charge is 2.36. The Balaban J connectivity index is 2.25. The summed E-state index contributed by atoms with van der Waals surface area (Å²) in [4.78, 5) is 0. The summed E-state index contributed by atoms with van der Waals surface area (Å²) in [5.74, 6) is 0.574. The molecule has 0 N–H and O–H groups in total. The molecule has 0 amide bonds. The number of hydrogen-bond acceptors (Lipinski definition) is 0. The van der Waals surface area contributed by atoms with E-state index in [2.05, 4.69) is 28.1 Å². The lowest BCUT2D eigenvalue weighted by molar-refractivity contribution is 1.13. The molecule has 2 atom stereocenters. The molecule has 57 valence electrons. The number of hydrogen-bond donors (Lipinski definition) is 0. The topological polar surface area (TPSA) is 0 Å². The molecule has 0 aliphatic heterocycles. The minimum Gasteiger partial charge on any atom is -0.122 e. The predicted octanol–water partition coefficient (Wildman–Crippen LogP) is 3.34. The van der Waals surface area contributed by atoms with E-state index in [1.807, 2.05) is 12.1 Å². The number of rotatable bonds is 1. The molecule has 0 bridgehead atoms. The van der Waals surface area contributed by atoms with Gasteiger partial charge in [0.2, 0.25) is 0 Å². The quantitative estimate of drug-likeness (QED) is 0.649. The van der Waals surface area contributed by atoms with Crippen LogP contribution in [-0.4, -0.2) is 5.38 Å². The van der Waals surface area contributed by atoms with Gasteiger partial charge in [-0.1, -0.05) is 22.0 Å². The summed E-state index contributed by atoms with van der Waals surface area (Å²) < 4.78 is 1.09. The molecule has 2 heteroatoms. The molecule has 0 spiro atoms. The minimum atomic E-state index is 0.359. The first-order valence-electron chi connectivity index (χ1n) is 3.58. The summed E-state index contributed by atoms with van der Waals surface area (Å²) in [5.41, 5.74) is 1.30. The highest BCUT2D eigenvalue weighted by atomic mass is 79.9. The number of benzene rings is 1. The zero-order valence-electron chi connectivity index (χ0n) is 5.85. The molecule has 2 unspecified atom stereocenters. The van der Waals surface area contributed by atoms with Gasteiger partial charge < -0.3 is 0 Å². The summed E-state index contributed by atoms with van der Waals surface area (Å²) in [6.45, 7) is 0. The highest BCUT2D eigenvalue weighted by molar-refractivity contribution is 9.10. The van der Waals surface area contributed by atoms with Crippen molar-refractivity contribution >= 4 is 27.5 Å². The van der Waals surface area contributed by atoms with Gasteiger partial charge in [-0.2, -0.15) is 0 Å². The van der Waals surface area contributed by atoms with Crippen LogP contribution in [0.1, 0.15) is 17.9 Å². The number of halogens is 2. The Hall–Kier alpha value is -0.0100. The summed E-state index contributed by atoms with van der Waals surface area (Å²) >= 11 is 9.31. The molecule has 0 saturated heterocycles. The summed E-state index contributed by atoms with van der Waals surface area (Å²) in [7, 11) is 0. The SMILES string of the molecule is ClC1CC1c1c[c]cc(Br)c1. The van der Waals surface area contributed by atoms with Gasteiger partial charge in [0.1, 0.15) is 0 Å². The van der Waals surface area contributed by atoms with E-state index in [-0.39, 0.29) is 0 Å². The lowest BCUT2D eigenvalue weighted by Crippen LogP contribution is -1.80. The van der Waals surface area contributed by atoms with Crippen LogP contribution in [0.4, 0.5) is 0 Å². The summed E-state index contributed by atoms with van der Waals surface area (Å²) in [6.07, 6.45) is 1.12. The largest absolute Gasteiger partial charge is 0.122 e. The molecule has 1 saturated carbocycles. The normalized spacial score (nSPS) is 28.5. The zero-order valence-corrected chi connectivity index (χ0v) is 8.19. The first-order valence-corrected chi connectivity index (χ1v) is 4.81. The standard InChI is InChI=1S/C9H7BrCl/c10-7-3-1-2-6(4-7)8-5-9(8)11/h2-4,8-9H,5H2. The summed E-state index contributed by atoms with van der Waals surface area (Å²) in [5, 5.41) is 0.359. The fourth-order valence-corrected chi connectivity index (χ4v) is 1.92. The first-order chi connectivity index (χ1) is 5.27. The first kappa shape index (κ1) is 7.63. The van der Waals surface area contributed by atoms with Crippen LogP contribution < -0.4 is 0 Å². The fourth-order valence-electron chi connectivity index (χ4n) is 1.18. The van der Waals surface area contributed by atoms with Crippen molar-refractivity contribution < 1.29 is 0 Å². The monoisotopic (exact) mass is 229 g/mol. The molecule has 2 rings (SSSR count). The Bertz CT molecular complexity index is 272. The second-order valence-electron chi connectivity index (χ2n) is 2.84. The Morgan fingerprint density at radius 1 is 1.55 bits per heavy atom. The zero-order chi connectivity index (χ0) is 7.84. The van der Waals surface area contributed by atoms with Crippen molar-refractivity contribution in [2.75, 3.05) is 0 Å². The van der Waals surface area contributed by atoms with Gasteiger partial charge >= 0.3 is 0 Å². The van der Waals surface area contributed by atoms with Gasteiger partial charge in [-0.3, -0.25) is 0 Å². The van der Waals surface area contributed by atoms with Crippen LogP contribution >= 0.6 is 27.5 Å². The van der Waals surface area contributed by atoms with Crippen LogP contribution in [0, 0.1) is 6.07 Å². The van der Waals surface area contributed by atoms with Crippen LogP contribution in [0.25, 0.3) is 0 Å². The van der Waals surface area contributed by atoms with Crippen LogP contribution in [0.2, 0.25) is 0 Å². The molecular formula is C9H7BrCl. The van der Waals surface area contributed by atoms with E-state index in [0.717, 1.165) is 10.9 Å². The van der Waals surface area contributed by atoms with Crippen molar-refractivity contribution in [3.8, 4) is 0 Å². The molecule has 1 aliphatic carbocycles. The molecular weight excluding hydrogens is 223 g/mol. The maximum atomic E-state index is 5.91. The van der Waals surface area contributed by atoms with Gasteiger partial charge in [0.25, 0.3) is 0 Å². The maximum Gasteiger partial charge on any atom is 0.0411 e. The molecule has 1 radical (unpaired) electrons. The van der Waals surface area contributed by atoms with Crippen LogP contribution in [0.3, 0.4) is 0 Å². The number of alkyl halides is 1. The van der Waals surface area contributed by atoms with Crippen LogP contribution in [0.5, 0.6) is 0 Å². The molecule has 1 aromatic rings. The molecule has 1 fully saturated rings. The van der Waals surface area contributed by atoms with E-state index in [1.165, 1.54) is 5.56 Å². The van der Waals surface area contributed by atoms with Gasteiger partial charge in [0.05, 0.1) is 0 Å². The maximum absolute atomic E-state index is 5.91. The lowest BCUT2D eigenvalue weighted by atomic mass is 10.1. The Labute approximate surface area is 79.7 Å². The molecule has 0 aromatic heterocycles. The van der Waals surface area contributed by atoms with Crippen LogP contribution in [0.15, 0.2) is 22.7 Å². The predicted molar refractivity (Wildman–Crippen MR) is 50.0 cm³/mol. The van der Waals surface area contributed by atoms with Crippen LogP contribution in [-0.2, 0) is 0 Å². The minimum absolute atomic E-state index is 0.359. The van der Waals surface area contributed by atoms with Crippen molar-refractivity contribution in [2.24, 2.45) is 0 Å². The van der Waals surface area contributed by atoms with E-state index in [0.29, 0.717) is 11.3 Å². The Morgan fingerprint density at radius 3 is 2.82 bits per heavy atom. The lowest BCUT2D eigenvalue weighted by Gasteiger charge is -1.96. The fraction of sp³-hybridized carbons (Fsp3) is 0.333. The van der Waals surface area contributed by atoms with E-state index >= 15 is 0 Å². The molecule has 0 heterocycles. The highest BCUT2D eigenvalue weighted by Crippen LogP contribution is 2.45. The third-order valence-corrected chi connectivity index (χ3v) is 2.86. The average molecular weight is 231 g/mol.